The van der Waals surface area contributed by atoms with Crippen LogP contribution in [0.15, 0.2) is 53.7 Å². The molecule has 10 heteroatoms. The summed E-state index contributed by atoms with van der Waals surface area (Å²) in [6, 6.07) is 14.1. The summed E-state index contributed by atoms with van der Waals surface area (Å²) in [5.74, 6) is 6.51. The molecule has 0 spiro atoms. The molecule has 0 saturated heterocycles. The van der Waals surface area contributed by atoms with Crippen LogP contribution < -0.4 is 15.9 Å². The van der Waals surface area contributed by atoms with Crippen LogP contribution in [0.2, 0.25) is 0 Å². The third-order valence-electron chi connectivity index (χ3n) is 5.04. The lowest BCUT2D eigenvalue weighted by atomic mass is 9.88. The van der Waals surface area contributed by atoms with Gasteiger partial charge >= 0.3 is 6.61 Å². The van der Waals surface area contributed by atoms with Crippen molar-refractivity contribution in [1.29, 1.82) is 0 Å². The Morgan fingerprint density at radius 1 is 1.23 bits per heavy atom. The summed E-state index contributed by atoms with van der Waals surface area (Å²) in [5.41, 5.74) is 3.05. The number of thioether (sulfide) groups is 1. The minimum Gasteiger partial charge on any atom is -0.435 e. The van der Waals surface area contributed by atoms with Gasteiger partial charge in [0.15, 0.2) is 5.82 Å². The highest BCUT2D eigenvalue weighted by molar-refractivity contribution is 7.99. The molecule has 2 aromatic carbocycles. The second-order valence-corrected chi connectivity index (χ2v) is 8.02. The summed E-state index contributed by atoms with van der Waals surface area (Å²) in [5, 5.41) is 11.6. The lowest BCUT2D eigenvalue weighted by molar-refractivity contribution is -0.119. The first-order valence-electron chi connectivity index (χ1n) is 9.77. The maximum absolute atomic E-state index is 12.5. The fourth-order valence-electron chi connectivity index (χ4n) is 3.63. The van der Waals surface area contributed by atoms with Crippen molar-refractivity contribution in [2.75, 3.05) is 11.6 Å². The SMILES string of the molecule is Nn1c(SCC(=O)N[C@H]2CCCc3ccccc32)nnc1-c1ccc(OC(F)F)cc1. The second kappa shape index (κ2) is 9.34. The fourth-order valence-corrected chi connectivity index (χ4v) is 4.30. The number of hydrogen-bond acceptors (Lipinski definition) is 6. The highest BCUT2D eigenvalue weighted by Crippen LogP contribution is 2.30. The summed E-state index contributed by atoms with van der Waals surface area (Å²) in [6.45, 7) is -2.89. The second-order valence-electron chi connectivity index (χ2n) is 7.08. The van der Waals surface area contributed by atoms with Crippen molar-refractivity contribution in [2.45, 2.75) is 37.1 Å². The van der Waals surface area contributed by atoms with E-state index in [0.717, 1.165) is 19.3 Å². The number of alkyl halides is 2. The Kier molecular flexibility index (Phi) is 6.36. The minimum absolute atomic E-state index is 0.0123. The summed E-state index contributed by atoms with van der Waals surface area (Å²) in [4.78, 5) is 12.5. The van der Waals surface area contributed by atoms with Gasteiger partial charge in [0.2, 0.25) is 11.1 Å². The molecule has 3 N–H and O–H groups in total. The Morgan fingerprint density at radius 2 is 2.00 bits per heavy atom. The zero-order valence-electron chi connectivity index (χ0n) is 16.5. The molecule has 3 aromatic rings. The molecule has 1 heterocycles. The van der Waals surface area contributed by atoms with Gasteiger partial charge in [-0.15, -0.1) is 10.2 Å². The highest BCUT2D eigenvalue weighted by atomic mass is 32.2. The maximum Gasteiger partial charge on any atom is 0.387 e. The number of benzene rings is 2. The Morgan fingerprint density at radius 3 is 2.77 bits per heavy atom. The van der Waals surface area contributed by atoms with Crippen LogP contribution >= 0.6 is 11.8 Å². The van der Waals surface area contributed by atoms with Gasteiger partial charge in [-0.2, -0.15) is 8.78 Å². The average molecular weight is 445 g/mol. The van der Waals surface area contributed by atoms with Gasteiger partial charge in [-0.1, -0.05) is 36.0 Å². The Labute approximate surface area is 182 Å². The van der Waals surface area contributed by atoms with Gasteiger partial charge in [0.1, 0.15) is 5.75 Å². The highest BCUT2D eigenvalue weighted by Gasteiger charge is 2.22. The topological polar surface area (TPSA) is 95.1 Å². The van der Waals surface area contributed by atoms with Crippen LogP contribution in [0.1, 0.15) is 30.0 Å². The van der Waals surface area contributed by atoms with E-state index in [2.05, 4.69) is 32.4 Å². The Hall–Kier alpha value is -3.14. The lowest BCUT2D eigenvalue weighted by Crippen LogP contribution is -2.32. The molecule has 1 atom stereocenters. The van der Waals surface area contributed by atoms with E-state index in [4.69, 9.17) is 5.84 Å². The molecule has 1 aliphatic carbocycles. The van der Waals surface area contributed by atoms with Crippen molar-refractivity contribution in [3.63, 3.8) is 0 Å². The first-order valence-corrected chi connectivity index (χ1v) is 10.8. The molecular weight excluding hydrogens is 424 g/mol. The molecule has 0 unspecified atom stereocenters. The van der Waals surface area contributed by atoms with E-state index < -0.39 is 6.61 Å². The Balaban J connectivity index is 1.37. The molecule has 162 valence electrons. The van der Waals surface area contributed by atoms with Crippen LogP contribution in [0.5, 0.6) is 5.75 Å². The van der Waals surface area contributed by atoms with E-state index in [-0.39, 0.29) is 23.5 Å². The minimum atomic E-state index is -2.89. The smallest absolute Gasteiger partial charge is 0.387 e. The number of amides is 1. The van der Waals surface area contributed by atoms with Crippen molar-refractivity contribution in [3.05, 3.63) is 59.7 Å². The molecule has 1 aromatic heterocycles. The summed E-state index contributed by atoms with van der Waals surface area (Å²) < 4.78 is 30.2. The van der Waals surface area contributed by atoms with Gasteiger partial charge in [-0.25, -0.2) is 4.68 Å². The number of fused-ring (bicyclic) bond motifs is 1. The van der Waals surface area contributed by atoms with E-state index >= 15 is 0 Å². The largest absolute Gasteiger partial charge is 0.435 e. The third-order valence-corrected chi connectivity index (χ3v) is 5.98. The van der Waals surface area contributed by atoms with Crippen molar-refractivity contribution < 1.29 is 18.3 Å². The summed E-state index contributed by atoms with van der Waals surface area (Å²) in [7, 11) is 0. The molecular formula is C21H21F2N5O2S. The summed E-state index contributed by atoms with van der Waals surface area (Å²) >= 11 is 1.18. The maximum atomic E-state index is 12.5. The number of nitrogen functional groups attached to an aromatic ring is 1. The van der Waals surface area contributed by atoms with Gasteiger partial charge in [0.25, 0.3) is 0 Å². The third kappa shape index (κ3) is 4.96. The molecule has 0 radical (unpaired) electrons. The number of carbonyl (C=O) groups is 1. The molecule has 1 aliphatic rings. The van der Waals surface area contributed by atoms with E-state index in [1.807, 2.05) is 12.1 Å². The van der Waals surface area contributed by atoms with E-state index in [9.17, 15) is 13.6 Å². The van der Waals surface area contributed by atoms with Crippen molar-refractivity contribution in [1.82, 2.24) is 20.2 Å². The Bertz CT molecular complexity index is 1060. The quantitative estimate of drug-likeness (QED) is 0.427. The van der Waals surface area contributed by atoms with E-state index in [0.29, 0.717) is 16.5 Å². The zero-order valence-corrected chi connectivity index (χ0v) is 17.3. The molecule has 0 aliphatic heterocycles. The number of aryl methyl sites for hydroxylation is 1. The van der Waals surface area contributed by atoms with Crippen LogP contribution in [0.4, 0.5) is 8.78 Å². The predicted molar refractivity (Wildman–Crippen MR) is 113 cm³/mol. The van der Waals surface area contributed by atoms with Crippen molar-refractivity contribution >= 4 is 17.7 Å². The van der Waals surface area contributed by atoms with E-state index in [1.54, 1.807) is 12.1 Å². The molecule has 0 fully saturated rings. The number of nitrogens with one attached hydrogen (secondary N) is 1. The van der Waals surface area contributed by atoms with Crippen LogP contribution in [0.25, 0.3) is 11.4 Å². The fraction of sp³-hybridized carbons (Fsp3) is 0.286. The van der Waals surface area contributed by atoms with Gasteiger partial charge < -0.3 is 15.9 Å². The average Bonchev–Trinajstić information content (AvgIpc) is 3.13. The normalized spacial score (nSPS) is 15.5. The van der Waals surface area contributed by atoms with Crippen LogP contribution in [-0.4, -0.2) is 33.1 Å². The molecule has 7 nitrogen and oxygen atoms in total. The summed E-state index contributed by atoms with van der Waals surface area (Å²) in [6.07, 6.45) is 2.98. The molecule has 0 bridgehead atoms. The van der Waals surface area contributed by atoms with Gasteiger partial charge in [-0.05, 0) is 54.7 Å². The van der Waals surface area contributed by atoms with E-state index in [1.165, 1.54) is 39.7 Å². The number of carbonyl (C=O) groups excluding carboxylic acids is 1. The van der Waals surface area contributed by atoms with Gasteiger partial charge in [0.05, 0.1) is 11.8 Å². The lowest BCUT2D eigenvalue weighted by Gasteiger charge is -2.26. The van der Waals surface area contributed by atoms with Gasteiger partial charge in [-0.3, -0.25) is 4.79 Å². The predicted octanol–water partition coefficient (Wildman–Crippen LogP) is 3.55. The van der Waals surface area contributed by atoms with Crippen molar-refractivity contribution in [3.8, 4) is 17.1 Å². The number of nitrogens with zero attached hydrogens (tertiary/aromatic N) is 3. The van der Waals surface area contributed by atoms with Gasteiger partial charge in [0, 0.05) is 5.56 Å². The number of hydrogen-bond donors (Lipinski definition) is 2. The number of aromatic nitrogens is 3. The molecule has 0 saturated carbocycles. The first-order chi connectivity index (χ1) is 15.0. The van der Waals surface area contributed by atoms with Crippen LogP contribution in [-0.2, 0) is 11.2 Å². The standard InChI is InChI=1S/C21H21F2N5O2S/c22-20(23)30-15-10-8-14(9-11-15)19-26-27-21(28(19)24)31-12-18(29)25-17-7-3-5-13-4-1-2-6-16(13)17/h1-2,4,6,8-11,17,20H,3,5,7,12,24H2,(H,25,29)/t17-/m0/s1. The van der Waals surface area contributed by atoms with Crippen LogP contribution in [0.3, 0.4) is 0 Å². The molecule has 1 amide bonds. The number of nitrogens with two attached hydrogens (primary N) is 1. The molecule has 4 rings (SSSR count). The first kappa shape index (κ1) is 21.1. The number of halogens is 2. The molecule has 31 heavy (non-hydrogen) atoms. The number of ether oxygens (including phenoxy) is 1. The number of rotatable bonds is 7. The zero-order chi connectivity index (χ0) is 21.8. The van der Waals surface area contributed by atoms with Crippen molar-refractivity contribution in [2.24, 2.45) is 0 Å². The monoisotopic (exact) mass is 445 g/mol. The van der Waals surface area contributed by atoms with Crippen LogP contribution in [0, 0.1) is 0 Å².